The lowest BCUT2D eigenvalue weighted by atomic mass is 10.1. The van der Waals surface area contributed by atoms with Crippen LogP contribution in [0.5, 0.6) is 5.75 Å². The third-order valence-electron chi connectivity index (χ3n) is 4.10. The van der Waals surface area contributed by atoms with Crippen molar-refractivity contribution in [3.63, 3.8) is 0 Å². The van der Waals surface area contributed by atoms with E-state index in [1.807, 2.05) is 36.4 Å². The molecule has 3 rings (SSSR count). The van der Waals surface area contributed by atoms with Gasteiger partial charge in [-0.15, -0.1) is 0 Å². The molecule has 1 aliphatic rings. The molecule has 2 aromatic rings. The summed E-state index contributed by atoms with van der Waals surface area (Å²) in [5.41, 5.74) is 2.12. The highest BCUT2D eigenvalue weighted by molar-refractivity contribution is 5.91. The SMILES string of the molecule is CCc1ccccc1OCC(=O)Nc1ccc(N2CCOCC2)cn1. The van der Waals surface area contributed by atoms with Gasteiger partial charge in [-0.1, -0.05) is 25.1 Å². The molecule has 0 radical (unpaired) electrons. The molecule has 6 nitrogen and oxygen atoms in total. The summed E-state index contributed by atoms with van der Waals surface area (Å²) in [5, 5.41) is 2.76. The topological polar surface area (TPSA) is 63.7 Å². The molecule has 0 saturated carbocycles. The lowest BCUT2D eigenvalue weighted by molar-refractivity contribution is -0.118. The van der Waals surface area contributed by atoms with Crippen LogP contribution >= 0.6 is 0 Å². The zero-order valence-corrected chi connectivity index (χ0v) is 14.4. The summed E-state index contributed by atoms with van der Waals surface area (Å²) in [4.78, 5) is 18.6. The van der Waals surface area contributed by atoms with Crippen LogP contribution < -0.4 is 15.0 Å². The summed E-state index contributed by atoms with van der Waals surface area (Å²) in [7, 11) is 0. The molecule has 6 heteroatoms. The number of amides is 1. The number of nitrogens with zero attached hydrogens (tertiary/aromatic N) is 2. The number of anilines is 2. The maximum Gasteiger partial charge on any atom is 0.263 e. The van der Waals surface area contributed by atoms with Crippen molar-refractivity contribution in [1.29, 1.82) is 0 Å². The summed E-state index contributed by atoms with van der Waals surface area (Å²) in [6, 6.07) is 11.5. The fraction of sp³-hybridized carbons (Fsp3) is 0.368. The molecule has 1 saturated heterocycles. The molecule has 1 aromatic heterocycles. The number of para-hydroxylation sites is 1. The Morgan fingerprint density at radius 2 is 2.04 bits per heavy atom. The standard InChI is InChI=1S/C19H23N3O3/c1-2-15-5-3-4-6-17(15)25-14-19(23)21-18-8-7-16(13-20-18)22-9-11-24-12-10-22/h3-8,13H,2,9-12,14H2,1H3,(H,20,21,23). The average molecular weight is 341 g/mol. The van der Waals surface area contributed by atoms with Crippen LogP contribution in [0.4, 0.5) is 11.5 Å². The van der Waals surface area contributed by atoms with Gasteiger partial charge in [-0.05, 0) is 30.2 Å². The Hall–Kier alpha value is -2.60. The highest BCUT2D eigenvalue weighted by Gasteiger charge is 2.12. The molecule has 0 unspecified atom stereocenters. The summed E-state index contributed by atoms with van der Waals surface area (Å²) >= 11 is 0. The van der Waals surface area contributed by atoms with Crippen LogP contribution in [0.3, 0.4) is 0 Å². The first-order valence-corrected chi connectivity index (χ1v) is 8.55. The molecule has 0 atom stereocenters. The van der Waals surface area contributed by atoms with Gasteiger partial charge in [-0.3, -0.25) is 4.79 Å². The smallest absolute Gasteiger partial charge is 0.263 e. The second-order valence-electron chi connectivity index (χ2n) is 5.80. The predicted molar refractivity (Wildman–Crippen MR) is 97.2 cm³/mol. The number of rotatable bonds is 6. The molecule has 0 aliphatic carbocycles. The van der Waals surface area contributed by atoms with E-state index in [9.17, 15) is 4.79 Å². The van der Waals surface area contributed by atoms with Gasteiger partial charge in [0.15, 0.2) is 6.61 Å². The molecular formula is C19H23N3O3. The third-order valence-corrected chi connectivity index (χ3v) is 4.10. The van der Waals surface area contributed by atoms with Crippen molar-refractivity contribution in [1.82, 2.24) is 4.98 Å². The minimum Gasteiger partial charge on any atom is -0.483 e. The Morgan fingerprint density at radius 1 is 1.24 bits per heavy atom. The second kappa shape index (κ2) is 8.48. The number of carbonyl (C=O) groups is 1. The largest absolute Gasteiger partial charge is 0.483 e. The first-order valence-electron chi connectivity index (χ1n) is 8.55. The zero-order chi connectivity index (χ0) is 17.5. The number of aromatic nitrogens is 1. The van der Waals surface area contributed by atoms with E-state index in [0.717, 1.165) is 49.7 Å². The summed E-state index contributed by atoms with van der Waals surface area (Å²) in [5.74, 6) is 1.04. The third kappa shape index (κ3) is 4.70. The van der Waals surface area contributed by atoms with Crippen LogP contribution in [0.15, 0.2) is 42.6 Å². The predicted octanol–water partition coefficient (Wildman–Crippen LogP) is 2.50. The van der Waals surface area contributed by atoms with E-state index in [1.165, 1.54) is 0 Å². The van der Waals surface area contributed by atoms with E-state index in [0.29, 0.717) is 5.82 Å². The first-order chi connectivity index (χ1) is 12.3. The number of pyridine rings is 1. The Labute approximate surface area is 147 Å². The van der Waals surface area contributed by atoms with Crippen LogP contribution in [0.1, 0.15) is 12.5 Å². The summed E-state index contributed by atoms with van der Waals surface area (Å²) < 4.78 is 11.0. The molecule has 0 spiro atoms. The van der Waals surface area contributed by atoms with Crippen LogP contribution in [0.25, 0.3) is 0 Å². The quantitative estimate of drug-likeness (QED) is 0.875. The van der Waals surface area contributed by atoms with Crippen molar-refractivity contribution < 1.29 is 14.3 Å². The van der Waals surface area contributed by atoms with Crippen LogP contribution in [-0.2, 0) is 16.0 Å². The van der Waals surface area contributed by atoms with Crippen molar-refractivity contribution in [3.05, 3.63) is 48.2 Å². The summed E-state index contributed by atoms with van der Waals surface area (Å²) in [6.07, 6.45) is 2.64. The molecule has 1 aromatic carbocycles. The van der Waals surface area contributed by atoms with E-state index >= 15 is 0 Å². The van der Waals surface area contributed by atoms with E-state index in [1.54, 1.807) is 6.20 Å². The van der Waals surface area contributed by atoms with E-state index < -0.39 is 0 Å². The van der Waals surface area contributed by atoms with Crippen LogP contribution in [-0.4, -0.2) is 43.8 Å². The molecule has 0 bridgehead atoms. The monoisotopic (exact) mass is 341 g/mol. The summed E-state index contributed by atoms with van der Waals surface area (Å²) in [6.45, 7) is 5.20. The number of morpholine rings is 1. The Balaban J connectivity index is 1.52. The van der Waals surface area contributed by atoms with Gasteiger partial charge in [0.1, 0.15) is 11.6 Å². The van der Waals surface area contributed by atoms with Crippen molar-refractivity contribution >= 4 is 17.4 Å². The number of hydrogen-bond acceptors (Lipinski definition) is 5. The van der Waals surface area contributed by atoms with Gasteiger partial charge >= 0.3 is 0 Å². The van der Waals surface area contributed by atoms with Gasteiger partial charge in [0.2, 0.25) is 0 Å². The van der Waals surface area contributed by atoms with E-state index in [-0.39, 0.29) is 12.5 Å². The molecule has 1 N–H and O–H groups in total. The fourth-order valence-electron chi connectivity index (χ4n) is 2.73. The number of ether oxygens (including phenoxy) is 2. The molecule has 1 aliphatic heterocycles. The van der Waals surface area contributed by atoms with Crippen LogP contribution in [0, 0.1) is 0 Å². The number of carbonyl (C=O) groups excluding carboxylic acids is 1. The van der Waals surface area contributed by atoms with E-state index in [2.05, 4.69) is 22.1 Å². The van der Waals surface area contributed by atoms with Gasteiger partial charge in [0.25, 0.3) is 5.91 Å². The number of benzene rings is 1. The normalized spacial score (nSPS) is 14.2. The number of hydrogen-bond donors (Lipinski definition) is 1. The Kier molecular flexibility index (Phi) is 5.85. The van der Waals surface area contributed by atoms with Gasteiger partial charge in [0, 0.05) is 13.1 Å². The minimum absolute atomic E-state index is 0.0378. The van der Waals surface area contributed by atoms with Gasteiger partial charge in [-0.2, -0.15) is 0 Å². The average Bonchev–Trinajstić information content (AvgIpc) is 2.68. The molecule has 2 heterocycles. The van der Waals surface area contributed by atoms with E-state index in [4.69, 9.17) is 9.47 Å². The van der Waals surface area contributed by atoms with Crippen LogP contribution in [0.2, 0.25) is 0 Å². The van der Waals surface area contributed by atoms with Gasteiger partial charge < -0.3 is 19.7 Å². The number of nitrogens with one attached hydrogen (secondary N) is 1. The first kappa shape index (κ1) is 17.2. The lowest BCUT2D eigenvalue weighted by Gasteiger charge is -2.28. The molecule has 1 fully saturated rings. The van der Waals surface area contributed by atoms with Crippen molar-refractivity contribution in [2.24, 2.45) is 0 Å². The molecule has 25 heavy (non-hydrogen) atoms. The van der Waals surface area contributed by atoms with Crippen molar-refractivity contribution in [2.45, 2.75) is 13.3 Å². The highest BCUT2D eigenvalue weighted by Crippen LogP contribution is 2.19. The number of aryl methyl sites for hydroxylation is 1. The maximum atomic E-state index is 12.1. The fourth-order valence-corrected chi connectivity index (χ4v) is 2.73. The lowest BCUT2D eigenvalue weighted by Crippen LogP contribution is -2.36. The maximum absolute atomic E-state index is 12.1. The molecule has 132 valence electrons. The minimum atomic E-state index is -0.225. The van der Waals surface area contributed by atoms with Gasteiger partial charge in [-0.25, -0.2) is 4.98 Å². The molecule has 1 amide bonds. The zero-order valence-electron chi connectivity index (χ0n) is 14.4. The Bertz CT molecular complexity index is 697. The second-order valence-corrected chi connectivity index (χ2v) is 5.80. The highest BCUT2D eigenvalue weighted by atomic mass is 16.5. The van der Waals surface area contributed by atoms with Crippen molar-refractivity contribution in [2.75, 3.05) is 43.1 Å². The van der Waals surface area contributed by atoms with Gasteiger partial charge in [0.05, 0.1) is 25.1 Å². The Morgan fingerprint density at radius 3 is 2.76 bits per heavy atom. The van der Waals surface area contributed by atoms with Crippen molar-refractivity contribution in [3.8, 4) is 5.75 Å². The molecular weight excluding hydrogens is 318 g/mol.